The van der Waals surface area contributed by atoms with Crippen LogP contribution in [0.4, 0.5) is 33.2 Å². The SMILES string of the molecule is CN(C(=O)[C@@H](c1ccc2nc(NC(=O)Nc3ccc(F)cc3)sc2c1)C(F)(F)F)[C@H](CN)C(=O)O. The summed E-state index contributed by atoms with van der Waals surface area (Å²) in [6.07, 6.45) is -5.02. The number of carbonyl (C=O) groups excluding carboxylic acids is 2. The van der Waals surface area contributed by atoms with Crippen LogP contribution in [0.3, 0.4) is 0 Å². The first kappa shape index (κ1) is 25.8. The van der Waals surface area contributed by atoms with Crippen molar-refractivity contribution in [2.24, 2.45) is 5.73 Å². The molecule has 0 radical (unpaired) electrons. The monoisotopic (exact) mass is 513 g/mol. The lowest BCUT2D eigenvalue weighted by molar-refractivity contribution is -0.175. The number of anilines is 2. The molecule has 0 aliphatic carbocycles. The maximum Gasteiger partial charge on any atom is 0.404 e. The Morgan fingerprint density at radius 2 is 1.80 bits per heavy atom. The van der Waals surface area contributed by atoms with Crippen molar-refractivity contribution in [3.8, 4) is 0 Å². The lowest BCUT2D eigenvalue weighted by atomic mass is 9.96. The molecule has 2 aromatic carbocycles. The van der Waals surface area contributed by atoms with Gasteiger partial charge < -0.3 is 21.1 Å². The van der Waals surface area contributed by atoms with E-state index in [4.69, 9.17) is 10.8 Å². The molecule has 3 aromatic rings. The molecule has 0 saturated heterocycles. The van der Waals surface area contributed by atoms with Crippen molar-refractivity contribution < 1.29 is 37.1 Å². The third-order valence-electron chi connectivity index (χ3n) is 4.97. The van der Waals surface area contributed by atoms with Gasteiger partial charge in [0.25, 0.3) is 0 Å². The molecular formula is C21H19F4N5O4S. The molecule has 0 saturated carbocycles. The van der Waals surface area contributed by atoms with Crippen LogP contribution in [0.25, 0.3) is 10.2 Å². The van der Waals surface area contributed by atoms with E-state index in [0.717, 1.165) is 42.6 Å². The number of hydrogen-bond acceptors (Lipinski definition) is 6. The summed E-state index contributed by atoms with van der Waals surface area (Å²) < 4.78 is 54.8. The first-order valence-corrected chi connectivity index (χ1v) is 10.7. The third kappa shape index (κ3) is 6.02. The van der Waals surface area contributed by atoms with Crippen LogP contribution in [0, 0.1) is 5.82 Å². The second kappa shape index (κ2) is 10.2. The van der Waals surface area contributed by atoms with Crippen LogP contribution >= 0.6 is 11.3 Å². The van der Waals surface area contributed by atoms with Gasteiger partial charge in [0, 0.05) is 19.3 Å². The summed E-state index contributed by atoms with van der Waals surface area (Å²) in [6.45, 7) is -0.564. The zero-order valence-corrected chi connectivity index (χ0v) is 18.8. The molecule has 0 aliphatic heterocycles. The van der Waals surface area contributed by atoms with Crippen molar-refractivity contribution in [2.75, 3.05) is 24.2 Å². The molecule has 186 valence electrons. The average Bonchev–Trinajstić information content (AvgIpc) is 3.16. The second-order valence-corrected chi connectivity index (χ2v) is 8.38. The van der Waals surface area contributed by atoms with E-state index in [1.807, 2.05) is 0 Å². The topological polar surface area (TPSA) is 138 Å². The Hall–Kier alpha value is -3.78. The Labute approximate surface area is 199 Å². The van der Waals surface area contributed by atoms with E-state index >= 15 is 0 Å². The highest BCUT2D eigenvalue weighted by Gasteiger charge is 2.48. The summed E-state index contributed by atoms with van der Waals surface area (Å²) in [4.78, 5) is 40.7. The molecule has 9 nitrogen and oxygen atoms in total. The number of alkyl halides is 3. The van der Waals surface area contributed by atoms with Gasteiger partial charge in [-0.2, -0.15) is 13.2 Å². The van der Waals surface area contributed by atoms with Gasteiger partial charge in [-0.25, -0.2) is 19.0 Å². The number of urea groups is 1. The highest BCUT2D eigenvalue weighted by molar-refractivity contribution is 7.22. The summed E-state index contributed by atoms with van der Waals surface area (Å²) in [5, 5.41) is 14.1. The van der Waals surface area contributed by atoms with Gasteiger partial charge in [-0.05, 0) is 42.0 Å². The van der Waals surface area contributed by atoms with Crippen LogP contribution in [0.15, 0.2) is 42.5 Å². The summed E-state index contributed by atoms with van der Waals surface area (Å²) in [5.41, 5.74) is 5.46. The number of carbonyl (C=O) groups is 3. The number of nitrogens with two attached hydrogens (primary N) is 1. The van der Waals surface area contributed by atoms with Crippen LogP contribution in [-0.4, -0.2) is 58.7 Å². The van der Waals surface area contributed by atoms with Gasteiger partial charge in [-0.15, -0.1) is 0 Å². The van der Waals surface area contributed by atoms with Gasteiger partial charge in [-0.3, -0.25) is 10.1 Å². The van der Waals surface area contributed by atoms with Gasteiger partial charge in [0.1, 0.15) is 11.9 Å². The normalized spacial score (nSPS) is 13.2. The zero-order chi connectivity index (χ0) is 25.9. The lowest BCUT2D eigenvalue weighted by Crippen LogP contribution is -2.50. The van der Waals surface area contributed by atoms with Crippen molar-refractivity contribution in [1.29, 1.82) is 0 Å². The first-order valence-electron chi connectivity index (χ1n) is 9.91. The smallest absolute Gasteiger partial charge is 0.404 e. The maximum atomic E-state index is 13.9. The molecule has 35 heavy (non-hydrogen) atoms. The van der Waals surface area contributed by atoms with Gasteiger partial charge in [0.15, 0.2) is 11.0 Å². The minimum Gasteiger partial charge on any atom is -0.480 e. The highest BCUT2D eigenvalue weighted by atomic mass is 32.1. The lowest BCUT2D eigenvalue weighted by Gasteiger charge is -2.29. The Morgan fingerprint density at radius 3 is 2.37 bits per heavy atom. The maximum absolute atomic E-state index is 13.9. The van der Waals surface area contributed by atoms with Gasteiger partial charge >= 0.3 is 18.2 Å². The number of aromatic nitrogens is 1. The summed E-state index contributed by atoms with van der Waals surface area (Å²) in [6, 6.07) is 6.07. The molecule has 0 unspecified atom stereocenters. The average molecular weight is 513 g/mol. The number of aliphatic carboxylic acids is 1. The van der Waals surface area contributed by atoms with Crippen LogP contribution in [0.1, 0.15) is 11.5 Å². The molecule has 14 heteroatoms. The molecule has 0 spiro atoms. The van der Waals surface area contributed by atoms with E-state index < -0.39 is 54.0 Å². The fourth-order valence-electron chi connectivity index (χ4n) is 3.22. The van der Waals surface area contributed by atoms with E-state index in [2.05, 4.69) is 15.6 Å². The number of carboxylic acids is 1. The van der Waals surface area contributed by atoms with E-state index in [-0.39, 0.29) is 15.3 Å². The molecule has 3 amide bonds. The molecule has 2 atom stereocenters. The third-order valence-corrected chi connectivity index (χ3v) is 5.90. The first-order chi connectivity index (χ1) is 16.4. The van der Waals surface area contributed by atoms with E-state index in [1.54, 1.807) is 0 Å². The van der Waals surface area contributed by atoms with Crippen molar-refractivity contribution in [1.82, 2.24) is 9.88 Å². The second-order valence-electron chi connectivity index (χ2n) is 7.35. The van der Waals surface area contributed by atoms with Crippen LogP contribution < -0.4 is 16.4 Å². The van der Waals surface area contributed by atoms with Crippen LogP contribution in [-0.2, 0) is 9.59 Å². The number of hydrogen-bond donors (Lipinski definition) is 4. The van der Waals surface area contributed by atoms with Crippen molar-refractivity contribution in [3.05, 3.63) is 53.8 Å². The molecular weight excluding hydrogens is 494 g/mol. The summed E-state index contributed by atoms with van der Waals surface area (Å²) in [7, 11) is 0.944. The standard InChI is InChI=1S/C21H19F4N5O4S/c1-30(14(9-26)18(32)33)17(31)16(21(23,24)25)10-2-7-13-15(8-10)35-20(28-13)29-19(34)27-12-5-3-11(22)4-6-12/h2-8,14,16H,9,26H2,1H3,(H,32,33)(H2,27,28,29,34)/t14-,16-/m1/s1. The Bertz CT molecular complexity index is 1250. The van der Waals surface area contributed by atoms with E-state index in [9.17, 15) is 31.9 Å². The molecule has 0 fully saturated rings. The number of thiazole rings is 1. The fourth-order valence-corrected chi connectivity index (χ4v) is 4.13. The molecule has 5 N–H and O–H groups in total. The zero-order valence-electron chi connectivity index (χ0n) is 18.0. The van der Waals surface area contributed by atoms with E-state index in [0.29, 0.717) is 10.6 Å². The molecule has 1 aromatic heterocycles. The molecule has 1 heterocycles. The summed E-state index contributed by atoms with van der Waals surface area (Å²) in [5.74, 6) is -6.13. The predicted octanol–water partition coefficient (Wildman–Crippen LogP) is 3.60. The minimum atomic E-state index is -5.02. The van der Waals surface area contributed by atoms with Crippen molar-refractivity contribution in [2.45, 2.75) is 18.1 Å². The molecule has 0 bridgehead atoms. The number of nitrogens with one attached hydrogen (secondary N) is 2. The van der Waals surface area contributed by atoms with Crippen LogP contribution in [0.5, 0.6) is 0 Å². The van der Waals surface area contributed by atoms with Crippen LogP contribution in [0.2, 0.25) is 0 Å². The quantitative estimate of drug-likeness (QED) is 0.356. The Balaban J connectivity index is 1.85. The number of carboxylic acid groups (broad SMARTS) is 1. The number of fused-ring (bicyclic) bond motifs is 1. The largest absolute Gasteiger partial charge is 0.480 e. The summed E-state index contributed by atoms with van der Waals surface area (Å²) >= 11 is 0.867. The van der Waals surface area contributed by atoms with Crippen molar-refractivity contribution in [3.63, 3.8) is 0 Å². The molecule has 3 rings (SSSR count). The number of halogens is 4. The number of rotatable bonds is 7. The highest BCUT2D eigenvalue weighted by Crippen LogP contribution is 2.39. The van der Waals surface area contributed by atoms with Gasteiger partial charge in [-0.1, -0.05) is 17.4 Å². The van der Waals surface area contributed by atoms with Crippen molar-refractivity contribution >= 4 is 50.3 Å². The predicted molar refractivity (Wildman–Crippen MR) is 121 cm³/mol. The number of likely N-dealkylation sites (N-methyl/N-ethyl adjacent to an activating group) is 1. The number of benzene rings is 2. The van der Waals surface area contributed by atoms with E-state index in [1.165, 1.54) is 18.2 Å². The Morgan fingerprint density at radius 1 is 1.14 bits per heavy atom. The fraction of sp³-hybridized carbons (Fsp3) is 0.238. The van der Waals surface area contributed by atoms with Gasteiger partial charge in [0.05, 0.1) is 10.2 Å². The van der Waals surface area contributed by atoms with Gasteiger partial charge in [0.2, 0.25) is 5.91 Å². The molecule has 0 aliphatic rings. The number of amides is 3. The minimum absolute atomic E-state index is 0.0674. The Kier molecular flexibility index (Phi) is 7.55. The number of nitrogens with zero attached hydrogens (tertiary/aromatic N) is 2.